The Hall–Kier alpha value is -0.310. The van der Waals surface area contributed by atoms with E-state index < -0.39 is 0 Å². The van der Waals surface area contributed by atoms with E-state index in [9.17, 15) is 4.79 Å². The van der Waals surface area contributed by atoms with Crippen LogP contribution in [0.4, 0.5) is 0 Å². The van der Waals surface area contributed by atoms with Crippen molar-refractivity contribution in [1.29, 1.82) is 0 Å². The van der Waals surface area contributed by atoms with Gasteiger partial charge in [0, 0.05) is 0 Å². The van der Waals surface area contributed by atoms with Crippen LogP contribution in [0.15, 0.2) is 12.2 Å². The summed E-state index contributed by atoms with van der Waals surface area (Å²) in [6, 6.07) is 0. The van der Waals surface area contributed by atoms with Gasteiger partial charge in [-0.1, -0.05) is 60.7 Å². The predicted octanol–water partition coefficient (Wildman–Crippen LogP) is 5.01. The lowest BCUT2D eigenvalue weighted by atomic mass is 10.1. The minimum Gasteiger partial charge on any atom is -0.465 e. The van der Waals surface area contributed by atoms with Crippen molar-refractivity contribution >= 4 is 21.9 Å². The molecule has 0 saturated carbocycles. The van der Waals surface area contributed by atoms with Crippen molar-refractivity contribution < 1.29 is 9.53 Å². The standard InChI is InChI=1S/C15H27BrO2/c1-3-4-5-6-7-8-9-10-11-12-13-18-15(17)14(2)16/h6-7,14H,3-5,8-13H2,1-2H3/b7-6-. The second-order valence-corrected chi connectivity index (χ2v) is 5.97. The molecule has 0 bridgehead atoms. The summed E-state index contributed by atoms with van der Waals surface area (Å²) in [5.41, 5.74) is 0. The Morgan fingerprint density at radius 1 is 1.11 bits per heavy atom. The van der Waals surface area contributed by atoms with E-state index in [1.807, 2.05) is 0 Å². The van der Waals surface area contributed by atoms with Crippen molar-refractivity contribution in [3.05, 3.63) is 12.2 Å². The maximum atomic E-state index is 11.1. The van der Waals surface area contributed by atoms with Crippen molar-refractivity contribution in [2.45, 2.75) is 70.0 Å². The first-order valence-corrected chi connectivity index (χ1v) is 8.05. The Balaban J connectivity index is 3.16. The highest BCUT2D eigenvalue weighted by Crippen LogP contribution is 2.06. The average molecular weight is 319 g/mol. The molecule has 0 heterocycles. The topological polar surface area (TPSA) is 26.3 Å². The molecule has 0 aromatic carbocycles. The minimum absolute atomic E-state index is 0.158. The van der Waals surface area contributed by atoms with Crippen LogP contribution in [0, 0.1) is 0 Å². The lowest BCUT2D eigenvalue weighted by Gasteiger charge is -2.05. The normalized spacial score (nSPS) is 12.8. The van der Waals surface area contributed by atoms with Crippen LogP contribution < -0.4 is 0 Å². The molecule has 0 fully saturated rings. The van der Waals surface area contributed by atoms with Crippen LogP contribution in [-0.4, -0.2) is 17.4 Å². The Morgan fingerprint density at radius 3 is 2.33 bits per heavy atom. The van der Waals surface area contributed by atoms with Gasteiger partial charge in [0.05, 0.1) is 6.61 Å². The molecular weight excluding hydrogens is 292 g/mol. The number of esters is 1. The molecule has 2 nitrogen and oxygen atoms in total. The molecule has 3 heteroatoms. The zero-order chi connectivity index (χ0) is 13.6. The van der Waals surface area contributed by atoms with Crippen molar-refractivity contribution in [2.24, 2.45) is 0 Å². The van der Waals surface area contributed by atoms with Crippen molar-refractivity contribution in [3.63, 3.8) is 0 Å². The fourth-order valence-electron chi connectivity index (χ4n) is 1.56. The van der Waals surface area contributed by atoms with Gasteiger partial charge in [0.25, 0.3) is 0 Å². The second kappa shape index (κ2) is 13.1. The molecule has 106 valence electrons. The quantitative estimate of drug-likeness (QED) is 0.232. The number of allylic oxidation sites excluding steroid dienone is 2. The largest absolute Gasteiger partial charge is 0.465 e. The third kappa shape index (κ3) is 12.2. The van der Waals surface area contributed by atoms with Gasteiger partial charge < -0.3 is 4.74 Å². The van der Waals surface area contributed by atoms with Crippen LogP contribution in [0.25, 0.3) is 0 Å². The first-order valence-electron chi connectivity index (χ1n) is 7.14. The fourth-order valence-corrected chi connectivity index (χ4v) is 1.70. The van der Waals surface area contributed by atoms with Crippen LogP contribution in [0.2, 0.25) is 0 Å². The molecule has 0 N–H and O–H groups in total. The smallest absolute Gasteiger partial charge is 0.319 e. The van der Waals surface area contributed by atoms with E-state index in [-0.39, 0.29) is 10.8 Å². The number of halogens is 1. The highest BCUT2D eigenvalue weighted by atomic mass is 79.9. The fraction of sp³-hybridized carbons (Fsp3) is 0.800. The summed E-state index contributed by atoms with van der Waals surface area (Å²) in [6.45, 7) is 4.56. The Bertz CT molecular complexity index is 225. The molecule has 0 aromatic rings. The molecule has 0 aliphatic carbocycles. The maximum Gasteiger partial charge on any atom is 0.319 e. The van der Waals surface area contributed by atoms with E-state index in [1.54, 1.807) is 6.92 Å². The summed E-state index contributed by atoms with van der Waals surface area (Å²) in [4.78, 5) is 10.9. The molecule has 0 spiro atoms. The molecule has 18 heavy (non-hydrogen) atoms. The summed E-state index contributed by atoms with van der Waals surface area (Å²) in [7, 11) is 0. The van der Waals surface area contributed by atoms with Crippen molar-refractivity contribution in [1.82, 2.24) is 0 Å². The molecule has 0 amide bonds. The Kier molecular flexibility index (Phi) is 12.9. The van der Waals surface area contributed by atoms with Crippen LogP contribution >= 0.6 is 15.9 Å². The molecule has 0 saturated heterocycles. The van der Waals surface area contributed by atoms with Gasteiger partial charge in [0.2, 0.25) is 0 Å². The zero-order valence-electron chi connectivity index (χ0n) is 11.8. The Labute approximate surface area is 120 Å². The molecule has 0 radical (unpaired) electrons. The lowest BCUT2D eigenvalue weighted by Crippen LogP contribution is -2.14. The zero-order valence-corrected chi connectivity index (χ0v) is 13.4. The molecule has 0 aliphatic rings. The van der Waals surface area contributed by atoms with E-state index in [0.29, 0.717) is 6.61 Å². The Morgan fingerprint density at radius 2 is 1.72 bits per heavy atom. The highest BCUT2D eigenvalue weighted by molar-refractivity contribution is 9.10. The molecule has 1 unspecified atom stereocenters. The number of alkyl halides is 1. The highest BCUT2D eigenvalue weighted by Gasteiger charge is 2.08. The summed E-state index contributed by atoms with van der Waals surface area (Å²) in [5, 5.41) is 0. The van der Waals surface area contributed by atoms with Gasteiger partial charge >= 0.3 is 5.97 Å². The molecule has 0 aromatic heterocycles. The number of hydrogen-bond donors (Lipinski definition) is 0. The van der Waals surface area contributed by atoms with Gasteiger partial charge in [0.1, 0.15) is 4.83 Å². The van der Waals surface area contributed by atoms with Crippen LogP contribution in [0.3, 0.4) is 0 Å². The number of ether oxygens (including phenoxy) is 1. The SMILES string of the molecule is CCCC/C=C\CCCCCCOC(=O)C(C)Br. The van der Waals surface area contributed by atoms with Crippen molar-refractivity contribution in [3.8, 4) is 0 Å². The van der Waals surface area contributed by atoms with Gasteiger partial charge in [0.15, 0.2) is 0 Å². The lowest BCUT2D eigenvalue weighted by molar-refractivity contribution is -0.142. The van der Waals surface area contributed by atoms with E-state index in [2.05, 4.69) is 35.0 Å². The minimum atomic E-state index is -0.189. The van der Waals surface area contributed by atoms with Gasteiger partial charge in [-0.3, -0.25) is 4.79 Å². The second-order valence-electron chi connectivity index (χ2n) is 4.60. The number of hydrogen-bond acceptors (Lipinski definition) is 2. The number of rotatable bonds is 11. The number of carbonyl (C=O) groups is 1. The molecule has 0 rings (SSSR count). The molecule has 1 atom stereocenters. The summed E-state index contributed by atoms with van der Waals surface area (Å²) in [6.07, 6.45) is 14.1. The van der Waals surface area contributed by atoms with E-state index in [4.69, 9.17) is 4.74 Å². The summed E-state index contributed by atoms with van der Waals surface area (Å²) in [5.74, 6) is -0.158. The average Bonchev–Trinajstić information content (AvgIpc) is 2.35. The van der Waals surface area contributed by atoms with E-state index in [0.717, 1.165) is 12.8 Å². The van der Waals surface area contributed by atoms with Gasteiger partial charge in [-0.05, 0) is 32.6 Å². The summed E-state index contributed by atoms with van der Waals surface area (Å²) < 4.78 is 5.08. The predicted molar refractivity (Wildman–Crippen MR) is 81.1 cm³/mol. The van der Waals surface area contributed by atoms with Gasteiger partial charge in [-0.25, -0.2) is 0 Å². The third-order valence-electron chi connectivity index (χ3n) is 2.73. The monoisotopic (exact) mass is 318 g/mol. The maximum absolute atomic E-state index is 11.1. The van der Waals surface area contributed by atoms with E-state index in [1.165, 1.54) is 38.5 Å². The van der Waals surface area contributed by atoms with Crippen LogP contribution in [0.5, 0.6) is 0 Å². The third-order valence-corrected chi connectivity index (χ3v) is 3.10. The first kappa shape index (κ1) is 17.7. The van der Waals surface area contributed by atoms with Crippen molar-refractivity contribution in [2.75, 3.05) is 6.61 Å². The van der Waals surface area contributed by atoms with Crippen LogP contribution in [-0.2, 0) is 9.53 Å². The van der Waals surface area contributed by atoms with Gasteiger partial charge in [-0.2, -0.15) is 0 Å². The number of carbonyl (C=O) groups excluding carboxylic acids is 1. The molecule has 0 aliphatic heterocycles. The van der Waals surface area contributed by atoms with E-state index >= 15 is 0 Å². The number of unbranched alkanes of at least 4 members (excludes halogenated alkanes) is 6. The van der Waals surface area contributed by atoms with Crippen LogP contribution in [0.1, 0.15) is 65.2 Å². The van der Waals surface area contributed by atoms with Gasteiger partial charge in [-0.15, -0.1) is 0 Å². The summed E-state index contributed by atoms with van der Waals surface area (Å²) >= 11 is 3.19. The molecular formula is C15H27BrO2. The first-order chi connectivity index (χ1) is 8.68.